The molecule has 0 saturated heterocycles. The Morgan fingerprint density at radius 2 is 1.89 bits per heavy atom. The molecule has 2 aromatic carbocycles. The number of hydrogen-bond donors (Lipinski definition) is 2. The summed E-state index contributed by atoms with van der Waals surface area (Å²) in [6.07, 6.45) is 1.75. The Morgan fingerprint density at radius 1 is 1.11 bits per heavy atom. The van der Waals surface area contributed by atoms with Gasteiger partial charge in [-0.1, -0.05) is 42.5 Å². The van der Waals surface area contributed by atoms with Gasteiger partial charge in [-0.25, -0.2) is 0 Å². The Hall–Kier alpha value is -1.87. The molecule has 0 bridgehead atoms. The van der Waals surface area contributed by atoms with E-state index in [0.29, 0.717) is 19.4 Å². The zero-order chi connectivity index (χ0) is 13.5. The Kier molecular flexibility index (Phi) is 4.93. The average molecular weight is 257 g/mol. The number of nitrogens with one attached hydrogen (secondary N) is 1. The molecule has 0 atom stereocenters. The number of hydrogen-bond acceptors (Lipinski definition) is 2. The number of amides is 1. The summed E-state index contributed by atoms with van der Waals surface area (Å²) in [5.74, 6) is 0.00860. The van der Waals surface area contributed by atoms with Crippen LogP contribution in [0, 0.1) is 0 Å². The number of benzene rings is 2. The zero-order valence-electron chi connectivity index (χ0n) is 10.9. The maximum absolute atomic E-state index is 11.4. The van der Waals surface area contributed by atoms with E-state index >= 15 is 0 Å². The fraction of sp³-hybridized carbons (Fsp3) is 0.312. The fourth-order valence-corrected chi connectivity index (χ4v) is 2.18. The van der Waals surface area contributed by atoms with Gasteiger partial charge in [0.15, 0.2) is 0 Å². The van der Waals surface area contributed by atoms with Crippen molar-refractivity contribution in [1.29, 1.82) is 0 Å². The van der Waals surface area contributed by atoms with Gasteiger partial charge in [0.25, 0.3) is 0 Å². The fourth-order valence-electron chi connectivity index (χ4n) is 2.18. The second-order valence-corrected chi connectivity index (χ2v) is 4.57. The number of aliphatic hydroxyl groups is 1. The van der Waals surface area contributed by atoms with Crippen molar-refractivity contribution in [3.8, 4) is 0 Å². The Morgan fingerprint density at radius 3 is 2.74 bits per heavy atom. The molecule has 0 heterocycles. The van der Waals surface area contributed by atoms with Crippen LogP contribution in [0.3, 0.4) is 0 Å². The van der Waals surface area contributed by atoms with E-state index in [4.69, 9.17) is 5.11 Å². The summed E-state index contributed by atoms with van der Waals surface area (Å²) >= 11 is 0. The topological polar surface area (TPSA) is 49.3 Å². The maximum atomic E-state index is 11.4. The Labute approximate surface area is 113 Å². The molecular formula is C16H19NO2. The number of aliphatic hydroxyl groups excluding tert-OH is 1. The minimum absolute atomic E-state index is 0.00860. The smallest absolute Gasteiger partial charge is 0.220 e. The highest BCUT2D eigenvalue weighted by atomic mass is 16.3. The summed E-state index contributed by atoms with van der Waals surface area (Å²) in [4.78, 5) is 11.4. The zero-order valence-corrected chi connectivity index (χ0v) is 10.9. The lowest BCUT2D eigenvalue weighted by atomic mass is 10.0. The largest absolute Gasteiger partial charge is 0.396 e. The predicted molar refractivity (Wildman–Crippen MR) is 77.0 cm³/mol. The van der Waals surface area contributed by atoms with Crippen molar-refractivity contribution in [2.24, 2.45) is 0 Å². The minimum Gasteiger partial charge on any atom is -0.396 e. The van der Waals surface area contributed by atoms with Crippen LogP contribution in [0.1, 0.15) is 18.4 Å². The van der Waals surface area contributed by atoms with Crippen molar-refractivity contribution in [1.82, 2.24) is 5.32 Å². The number of carbonyl (C=O) groups excluding carboxylic acids is 1. The highest BCUT2D eigenvalue weighted by Crippen LogP contribution is 2.18. The number of fused-ring (bicyclic) bond motifs is 1. The highest BCUT2D eigenvalue weighted by Gasteiger charge is 2.02. The van der Waals surface area contributed by atoms with Gasteiger partial charge in [0.1, 0.15) is 0 Å². The molecule has 3 heteroatoms. The van der Waals surface area contributed by atoms with Gasteiger partial charge in [-0.05, 0) is 29.2 Å². The van der Waals surface area contributed by atoms with Crippen LogP contribution in [0.4, 0.5) is 0 Å². The lowest BCUT2D eigenvalue weighted by Gasteiger charge is -2.08. The number of rotatable bonds is 6. The van der Waals surface area contributed by atoms with Gasteiger partial charge < -0.3 is 10.4 Å². The van der Waals surface area contributed by atoms with Crippen LogP contribution in [0.2, 0.25) is 0 Å². The molecule has 0 aliphatic carbocycles. The standard InChI is InChI=1S/C16H19NO2/c18-12-4-9-16(19)17-11-10-14-7-3-6-13-5-1-2-8-15(13)14/h1-3,5-8,18H,4,9-12H2,(H,17,19). The average Bonchev–Trinajstić information content (AvgIpc) is 2.45. The maximum Gasteiger partial charge on any atom is 0.220 e. The molecule has 1 amide bonds. The second-order valence-electron chi connectivity index (χ2n) is 4.57. The molecule has 0 radical (unpaired) electrons. The molecule has 0 fully saturated rings. The van der Waals surface area contributed by atoms with Crippen molar-refractivity contribution in [2.75, 3.05) is 13.2 Å². The summed E-state index contributed by atoms with van der Waals surface area (Å²) in [6.45, 7) is 0.703. The van der Waals surface area contributed by atoms with Gasteiger partial charge >= 0.3 is 0 Å². The summed E-state index contributed by atoms with van der Waals surface area (Å²) in [5.41, 5.74) is 1.25. The molecule has 100 valence electrons. The molecule has 0 spiro atoms. The van der Waals surface area contributed by atoms with Crippen molar-refractivity contribution >= 4 is 16.7 Å². The second kappa shape index (κ2) is 6.90. The SMILES string of the molecule is O=C(CCCO)NCCc1cccc2ccccc12. The molecule has 0 aliphatic rings. The van der Waals surface area contributed by atoms with Crippen molar-refractivity contribution < 1.29 is 9.90 Å². The van der Waals surface area contributed by atoms with Crippen LogP contribution in [0.15, 0.2) is 42.5 Å². The molecule has 3 nitrogen and oxygen atoms in total. The van der Waals surface area contributed by atoms with Gasteiger partial charge in [-0.2, -0.15) is 0 Å². The van der Waals surface area contributed by atoms with Gasteiger partial charge in [0.05, 0.1) is 0 Å². The van der Waals surface area contributed by atoms with E-state index in [9.17, 15) is 4.79 Å². The van der Waals surface area contributed by atoms with Crippen LogP contribution >= 0.6 is 0 Å². The lowest BCUT2D eigenvalue weighted by Crippen LogP contribution is -2.25. The summed E-state index contributed by atoms with van der Waals surface area (Å²) in [5, 5.41) is 14.0. The van der Waals surface area contributed by atoms with E-state index in [2.05, 4.69) is 29.6 Å². The first-order valence-electron chi connectivity index (χ1n) is 6.65. The quantitative estimate of drug-likeness (QED) is 0.834. The van der Waals surface area contributed by atoms with Gasteiger partial charge in [-0.3, -0.25) is 4.79 Å². The molecule has 2 rings (SSSR count). The molecule has 0 aromatic heterocycles. The minimum atomic E-state index is 0.00860. The molecule has 0 aliphatic heterocycles. The van der Waals surface area contributed by atoms with Crippen LogP contribution in [0.25, 0.3) is 10.8 Å². The first-order chi connectivity index (χ1) is 9.31. The van der Waals surface area contributed by atoms with Gasteiger partial charge in [0, 0.05) is 19.6 Å². The van der Waals surface area contributed by atoms with E-state index < -0.39 is 0 Å². The van der Waals surface area contributed by atoms with Crippen LogP contribution in [-0.2, 0) is 11.2 Å². The lowest BCUT2D eigenvalue weighted by molar-refractivity contribution is -0.121. The number of carbonyl (C=O) groups is 1. The third-order valence-electron chi connectivity index (χ3n) is 3.16. The monoisotopic (exact) mass is 257 g/mol. The summed E-state index contributed by atoms with van der Waals surface area (Å²) in [6, 6.07) is 14.5. The van der Waals surface area contributed by atoms with E-state index in [-0.39, 0.29) is 12.5 Å². The Bertz CT molecular complexity index is 546. The van der Waals surface area contributed by atoms with E-state index in [0.717, 1.165) is 6.42 Å². The molecular weight excluding hydrogens is 238 g/mol. The third-order valence-corrected chi connectivity index (χ3v) is 3.16. The molecule has 2 aromatic rings. The molecule has 19 heavy (non-hydrogen) atoms. The normalized spacial score (nSPS) is 10.6. The first-order valence-corrected chi connectivity index (χ1v) is 6.65. The summed E-state index contributed by atoms with van der Waals surface area (Å²) in [7, 11) is 0. The first kappa shape index (κ1) is 13.6. The van der Waals surface area contributed by atoms with E-state index in [1.165, 1.54) is 16.3 Å². The van der Waals surface area contributed by atoms with Crippen LogP contribution < -0.4 is 5.32 Å². The van der Waals surface area contributed by atoms with Crippen molar-refractivity contribution in [3.63, 3.8) is 0 Å². The van der Waals surface area contributed by atoms with Gasteiger partial charge in [0.2, 0.25) is 5.91 Å². The van der Waals surface area contributed by atoms with Crippen LogP contribution in [-0.4, -0.2) is 24.2 Å². The molecule has 2 N–H and O–H groups in total. The third kappa shape index (κ3) is 3.80. The highest BCUT2D eigenvalue weighted by molar-refractivity contribution is 5.85. The van der Waals surface area contributed by atoms with E-state index in [1.54, 1.807) is 0 Å². The Balaban J connectivity index is 1.93. The van der Waals surface area contributed by atoms with Crippen LogP contribution in [0.5, 0.6) is 0 Å². The molecule has 0 unspecified atom stereocenters. The summed E-state index contributed by atoms with van der Waals surface area (Å²) < 4.78 is 0. The van der Waals surface area contributed by atoms with E-state index in [1.807, 2.05) is 18.2 Å². The van der Waals surface area contributed by atoms with Crippen molar-refractivity contribution in [2.45, 2.75) is 19.3 Å². The van der Waals surface area contributed by atoms with Gasteiger partial charge in [-0.15, -0.1) is 0 Å². The molecule has 0 saturated carbocycles. The predicted octanol–water partition coefficient (Wildman–Crippen LogP) is 2.27. The van der Waals surface area contributed by atoms with Crippen molar-refractivity contribution in [3.05, 3.63) is 48.0 Å².